The number of halogens is 1. The molecule has 0 fully saturated rings. The van der Waals surface area contributed by atoms with Crippen molar-refractivity contribution in [3.05, 3.63) is 102 Å². The maximum atomic E-state index is 5.15. The Morgan fingerprint density at radius 3 is 1.79 bits per heavy atom. The van der Waals surface area contributed by atoms with Crippen molar-refractivity contribution in [1.29, 1.82) is 0 Å². The molecule has 0 radical (unpaired) electrons. The number of pyridine rings is 1. The van der Waals surface area contributed by atoms with Gasteiger partial charge in [0.2, 0.25) is 0 Å². The summed E-state index contributed by atoms with van der Waals surface area (Å²) in [7, 11) is 0. The van der Waals surface area contributed by atoms with Gasteiger partial charge in [0.1, 0.15) is 0 Å². The van der Waals surface area contributed by atoms with Gasteiger partial charge in [-0.25, -0.2) is 4.98 Å². The Kier molecular flexibility index (Phi) is 3.68. The van der Waals surface area contributed by atoms with Crippen LogP contribution in [0.25, 0.3) is 54.5 Å². The Labute approximate surface area is 176 Å². The fourth-order valence-corrected chi connectivity index (χ4v) is 4.87. The maximum Gasteiger partial charge on any atom is 0.0794 e. The first-order chi connectivity index (χ1) is 14.3. The molecule has 0 N–H and O–H groups in total. The summed E-state index contributed by atoms with van der Waals surface area (Å²) in [5, 5.41) is 8.76. The molecule has 6 rings (SSSR count). The smallest absolute Gasteiger partial charge is 0.0794 e. The number of aromatic nitrogens is 1. The predicted molar refractivity (Wildman–Crippen MR) is 127 cm³/mol. The molecule has 0 saturated heterocycles. The highest BCUT2D eigenvalue weighted by atomic mass is 79.9. The van der Waals surface area contributed by atoms with E-state index in [1.165, 1.54) is 37.7 Å². The highest BCUT2D eigenvalue weighted by Crippen LogP contribution is 2.42. The third-order valence-corrected chi connectivity index (χ3v) is 6.17. The number of hydrogen-bond donors (Lipinski definition) is 0. The molecule has 0 aliphatic rings. The van der Waals surface area contributed by atoms with Crippen LogP contribution < -0.4 is 0 Å². The Morgan fingerprint density at radius 2 is 1.10 bits per heavy atom. The van der Waals surface area contributed by atoms with E-state index < -0.39 is 0 Å². The van der Waals surface area contributed by atoms with Gasteiger partial charge < -0.3 is 0 Å². The second-order valence-corrected chi connectivity index (χ2v) is 8.24. The summed E-state index contributed by atoms with van der Waals surface area (Å²) >= 11 is 3.63. The van der Waals surface area contributed by atoms with Crippen LogP contribution in [0.15, 0.2) is 102 Å². The first-order valence-electron chi connectivity index (χ1n) is 9.69. The lowest BCUT2D eigenvalue weighted by atomic mass is 9.90. The molecule has 0 amide bonds. The third-order valence-electron chi connectivity index (χ3n) is 5.67. The summed E-state index contributed by atoms with van der Waals surface area (Å²) in [6.07, 6.45) is 0. The van der Waals surface area contributed by atoms with Crippen LogP contribution in [0.2, 0.25) is 0 Å². The van der Waals surface area contributed by atoms with E-state index in [-0.39, 0.29) is 0 Å². The lowest BCUT2D eigenvalue weighted by molar-refractivity contribution is 1.43. The Balaban J connectivity index is 1.99. The van der Waals surface area contributed by atoms with Crippen LogP contribution in [0.5, 0.6) is 0 Å². The van der Waals surface area contributed by atoms with E-state index >= 15 is 0 Å². The van der Waals surface area contributed by atoms with E-state index in [0.717, 1.165) is 21.2 Å². The van der Waals surface area contributed by atoms with E-state index in [2.05, 4.69) is 113 Å². The number of rotatable bonds is 1. The minimum atomic E-state index is 1.02. The Hall–Kier alpha value is -3.23. The van der Waals surface area contributed by atoms with E-state index in [4.69, 9.17) is 4.98 Å². The van der Waals surface area contributed by atoms with Gasteiger partial charge in [0.25, 0.3) is 0 Å². The molecule has 1 heterocycles. The summed E-state index contributed by atoms with van der Waals surface area (Å²) in [5.74, 6) is 0. The van der Waals surface area contributed by atoms with Crippen LogP contribution >= 0.6 is 15.9 Å². The number of hydrogen-bond acceptors (Lipinski definition) is 1. The van der Waals surface area contributed by atoms with Crippen LogP contribution in [-0.2, 0) is 0 Å². The van der Waals surface area contributed by atoms with Crippen molar-refractivity contribution in [2.75, 3.05) is 0 Å². The van der Waals surface area contributed by atoms with Crippen LogP contribution in [0.3, 0.4) is 0 Å². The van der Waals surface area contributed by atoms with Gasteiger partial charge in [-0.15, -0.1) is 0 Å². The summed E-state index contributed by atoms with van der Waals surface area (Å²) in [6, 6.07) is 34.3. The number of para-hydroxylation sites is 1. The van der Waals surface area contributed by atoms with Gasteiger partial charge in [0, 0.05) is 26.2 Å². The molecular formula is C27H16BrN. The molecule has 0 bridgehead atoms. The topological polar surface area (TPSA) is 12.9 Å². The van der Waals surface area contributed by atoms with Crippen molar-refractivity contribution in [3.63, 3.8) is 0 Å². The van der Waals surface area contributed by atoms with Crippen LogP contribution in [-0.4, -0.2) is 4.98 Å². The largest absolute Gasteiger partial charge is 0.247 e. The molecule has 5 aromatic carbocycles. The van der Waals surface area contributed by atoms with Gasteiger partial charge >= 0.3 is 0 Å². The minimum absolute atomic E-state index is 1.02. The molecule has 0 atom stereocenters. The van der Waals surface area contributed by atoms with E-state index in [1.54, 1.807) is 0 Å². The fourth-order valence-electron chi connectivity index (χ4n) is 4.47. The Morgan fingerprint density at radius 1 is 0.517 bits per heavy atom. The molecule has 29 heavy (non-hydrogen) atoms. The number of fused-ring (bicyclic) bond motifs is 8. The fraction of sp³-hybridized carbons (Fsp3) is 0. The highest BCUT2D eigenvalue weighted by molar-refractivity contribution is 9.10. The van der Waals surface area contributed by atoms with Crippen molar-refractivity contribution in [1.82, 2.24) is 4.98 Å². The van der Waals surface area contributed by atoms with Gasteiger partial charge in [0.15, 0.2) is 0 Å². The minimum Gasteiger partial charge on any atom is -0.247 e. The van der Waals surface area contributed by atoms with Crippen molar-refractivity contribution in [3.8, 4) is 11.3 Å². The average Bonchev–Trinajstić information content (AvgIpc) is 2.78. The van der Waals surface area contributed by atoms with E-state index in [1.807, 2.05) is 0 Å². The van der Waals surface area contributed by atoms with Crippen LogP contribution in [0, 0.1) is 0 Å². The van der Waals surface area contributed by atoms with Crippen molar-refractivity contribution < 1.29 is 0 Å². The second-order valence-electron chi connectivity index (χ2n) is 7.33. The summed E-state index contributed by atoms with van der Waals surface area (Å²) in [6.45, 7) is 0. The van der Waals surface area contributed by atoms with Gasteiger partial charge in [0.05, 0.1) is 11.2 Å². The van der Waals surface area contributed by atoms with E-state index in [0.29, 0.717) is 0 Å². The molecule has 0 spiro atoms. The Bertz CT molecular complexity index is 1570. The molecule has 1 aromatic heterocycles. The third kappa shape index (κ3) is 2.49. The normalized spacial score (nSPS) is 11.6. The molecule has 2 heteroatoms. The lowest BCUT2D eigenvalue weighted by Gasteiger charge is -2.16. The van der Waals surface area contributed by atoms with Gasteiger partial charge in [-0.3, -0.25) is 0 Å². The van der Waals surface area contributed by atoms with Gasteiger partial charge in [-0.1, -0.05) is 94.8 Å². The second kappa shape index (κ2) is 6.40. The van der Waals surface area contributed by atoms with Crippen molar-refractivity contribution in [2.45, 2.75) is 0 Å². The molecule has 0 unspecified atom stereocenters. The quantitative estimate of drug-likeness (QED) is 0.238. The molecule has 6 aromatic rings. The monoisotopic (exact) mass is 433 g/mol. The zero-order valence-corrected chi connectivity index (χ0v) is 17.1. The molecule has 0 aliphatic carbocycles. The average molecular weight is 434 g/mol. The van der Waals surface area contributed by atoms with Crippen LogP contribution in [0.4, 0.5) is 0 Å². The predicted octanol–water partition coefficient (Wildman–Crippen LogP) is 8.12. The maximum absolute atomic E-state index is 5.15. The van der Waals surface area contributed by atoms with Crippen LogP contribution in [0.1, 0.15) is 0 Å². The van der Waals surface area contributed by atoms with Gasteiger partial charge in [-0.2, -0.15) is 0 Å². The molecule has 1 nitrogen and oxygen atoms in total. The summed E-state index contributed by atoms with van der Waals surface area (Å²) in [4.78, 5) is 5.15. The zero-order valence-electron chi connectivity index (χ0n) is 15.6. The number of nitrogens with zero attached hydrogens (tertiary/aromatic N) is 1. The number of benzene rings is 5. The van der Waals surface area contributed by atoms with Crippen molar-refractivity contribution >= 4 is 59.2 Å². The lowest BCUT2D eigenvalue weighted by Crippen LogP contribution is -1.92. The van der Waals surface area contributed by atoms with E-state index in [9.17, 15) is 0 Å². The molecular weight excluding hydrogens is 418 g/mol. The van der Waals surface area contributed by atoms with Gasteiger partial charge in [-0.05, 0) is 39.7 Å². The zero-order chi connectivity index (χ0) is 19.4. The van der Waals surface area contributed by atoms with Crippen molar-refractivity contribution in [2.24, 2.45) is 0 Å². The molecule has 0 aliphatic heterocycles. The molecule has 0 saturated carbocycles. The highest BCUT2D eigenvalue weighted by Gasteiger charge is 2.17. The SMILES string of the molecule is Brc1cccc(-c2nc3ccccc3c3c4ccccc4c4ccccc4c23)c1. The standard InChI is InChI=1S/C27H16BrN/c28-18-9-7-8-17(16-18)27-26-22-13-4-2-11-20(22)19-10-1-3-12-21(19)25(26)23-14-5-6-15-24(23)29-27/h1-16H. The molecule has 136 valence electrons. The first kappa shape index (κ1) is 16.7. The summed E-state index contributed by atoms with van der Waals surface area (Å²) in [5.41, 5.74) is 3.17. The summed E-state index contributed by atoms with van der Waals surface area (Å²) < 4.78 is 1.06. The first-order valence-corrected chi connectivity index (χ1v) is 10.5.